The molecular weight excluding hydrogens is 286 g/mol. The maximum atomic E-state index is 5.84. The Bertz CT molecular complexity index is 744. The molecule has 116 valence electrons. The number of benzene rings is 2. The summed E-state index contributed by atoms with van der Waals surface area (Å²) in [6, 6.07) is 18.1. The van der Waals surface area contributed by atoms with E-state index in [0.717, 1.165) is 11.4 Å². The van der Waals surface area contributed by atoms with Crippen molar-refractivity contribution in [2.45, 2.75) is 13.8 Å². The van der Waals surface area contributed by atoms with Gasteiger partial charge < -0.3 is 11.5 Å². The van der Waals surface area contributed by atoms with E-state index in [9.17, 15) is 0 Å². The smallest absolute Gasteiger partial charge is 0.223 e. The molecule has 2 aromatic carbocycles. The van der Waals surface area contributed by atoms with Gasteiger partial charge in [-0.3, -0.25) is 4.90 Å². The van der Waals surface area contributed by atoms with Crippen molar-refractivity contribution in [3.8, 4) is 0 Å². The van der Waals surface area contributed by atoms with Crippen LogP contribution in [0.2, 0.25) is 0 Å². The summed E-state index contributed by atoms with van der Waals surface area (Å²) < 4.78 is 0. The first-order chi connectivity index (χ1) is 11.0. The summed E-state index contributed by atoms with van der Waals surface area (Å²) in [7, 11) is 0. The molecule has 3 aromatic rings. The van der Waals surface area contributed by atoms with Crippen LogP contribution in [0.3, 0.4) is 0 Å². The number of anilines is 5. The zero-order valence-electron chi connectivity index (χ0n) is 13.2. The lowest BCUT2D eigenvalue weighted by molar-refractivity contribution is 1.13. The Kier molecular flexibility index (Phi) is 3.85. The Labute approximate surface area is 135 Å². The van der Waals surface area contributed by atoms with E-state index in [0.29, 0.717) is 11.6 Å². The van der Waals surface area contributed by atoms with Gasteiger partial charge in [-0.2, -0.15) is 9.97 Å². The Balaban J connectivity index is 2.16. The average Bonchev–Trinajstić information content (AvgIpc) is 2.50. The van der Waals surface area contributed by atoms with Gasteiger partial charge in [0.15, 0.2) is 0 Å². The largest absolute Gasteiger partial charge is 0.383 e. The number of nitrogen functional groups attached to an aromatic ring is 2. The zero-order valence-corrected chi connectivity index (χ0v) is 13.2. The summed E-state index contributed by atoms with van der Waals surface area (Å²) in [6.45, 7) is 4.11. The van der Waals surface area contributed by atoms with E-state index >= 15 is 0 Å². The number of hydrogen-bond acceptors (Lipinski definition) is 5. The van der Waals surface area contributed by atoms with E-state index < -0.39 is 0 Å². The highest BCUT2D eigenvalue weighted by atomic mass is 15.2. The van der Waals surface area contributed by atoms with E-state index in [1.54, 1.807) is 6.07 Å². The molecule has 0 atom stereocenters. The summed E-state index contributed by atoms with van der Waals surface area (Å²) in [6.07, 6.45) is 0. The van der Waals surface area contributed by atoms with Crippen molar-refractivity contribution in [2.24, 2.45) is 0 Å². The molecule has 1 heterocycles. The van der Waals surface area contributed by atoms with Crippen molar-refractivity contribution in [1.29, 1.82) is 0 Å². The highest BCUT2D eigenvalue weighted by Gasteiger charge is 2.15. The van der Waals surface area contributed by atoms with Gasteiger partial charge in [0.05, 0.1) is 0 Å². The van der Waals surface area contributed by atoms with Gasteiger partial charge in [-0.05, 0) is 38.1 Å². The minimum absolute atomic E-state index is 0.157. The quantitative estimate of drug-likeness (QED) is 0.770. The topological polar surface area (TPSA) is 81.1 Å². The molecule has 5 nitrogen and oxygen atoms in total. The molecule has 0 amide bonds. The molecule has 0 spiro atoms. The number of nitrogens with two attached hydrogens (primary N) is 2. The van der Waals surface area contributed by atoms with E-state index in [1.165, 1.54) is 11.1 Å². The van der Waals surface area contributed by atoms with Crippen LogP contribution in [0.5, 0.6) is 0 Å². The van der Waals surface area contributed by atoms with Gasteiger partial charge in [0, 0.05) is 17.4 Å². The third-order valence-corrected chi connectivity index (χ3v) is 3.56. The molecule has 0 aliphatic rings. The van der Waals surface area contributed by atoms with Crippen LogP contribution in [0.4, 0.5) is 29.0 Å². The van der Waals surface area contributed by atoms with Crippen LogP contribution in [0.25, 0.3) is 0 Å². The lowest BCUT2D eigenvalue weighted by Gasteiger charge is -2.24. The normalized spacial score (nSPS) is 10.5. The molecule has 3 rings (SSSR count). The molecule has 1 aromatic heterocycles. The van der Waals surface area contributed by atoms with Gasteiger partial charge >= 0.3 is 0 Å². The van der Waals surface area contributed by atoms with Crippen LogP contribution in [0, 0.1) is 13.8 Å². The molecule has 0 unspecified atom stereocenters. The van der Waals surface area contributed by atoms with Crippen LogP contribution in [0.1, 0.15) is 11.1 Å². The van der Waals surface area contributed by atoms with E-state index in [1.807, 2.05) is 29.2 Å². The third kappa shape index (κ3) is 3.23. The second-order valence-electron chi connectivity index (χ2n) is 5.52. The van der Waals surface area contributed by atoms with Crippen molar-refractivity contribution < 1.29 is 0 Å². The molecule has 0 aliphatic heterocycles. The van der Waals surface area contributed by atoms with Gasteiger partial charge in [-0.25, -0.2) is 0 Å². The maximum Gasteiger partial charge on any atom is 0.223 e. The van der Waals surface area contributed by atoms with Gasteiger partial charge in [0.2, 0.25) is 5.95 Å². The zero-order chi connectivity index (χ0) is 16.4. The number of rotatable bonds is 3. The highest BCUT2D eigenvalue weighted by molar-refractivity contribution is 5.75. The summed E-state index contributed by atoms with van der Waals surface area (Å²) >= 11 is 0. The molecule has 4 N–H and O–H groups in total. The fraction of sp³-hybridized carbons (Fsp3) is 0.111. The second-order valence-corrected chi connectivity index (χ2v) is 5.52. The van der Waals surface area contributed by atoms with Gasteiger partial charge in [0.1, 0.15) is 11.6 Å². The van der Waals surface area contributed by atoms with Crippen molar-refractivity contribution in [2.75, 3.05) is 16.4 Å². The average molecular weight is 305 g/mol. The molecule has 0 bridgehead atoms. The minimum Gasteiger partial charge on any atom is -0.383 e. The van der Waals surface area contributed by atoms with Gasteiger partial charge in [-0.1, -0.05) is 35.4 Å². The van der Waals surface area contributed by atoms with Crippen LogP contribution < -0.4 is 16.4 Å². The minimum atomic E-state index is 0.157. The van der Waals surface area contributed by atoms with Crippen LogP contribution in [0.15, 0.2) is 54.6 Å². The standard InChI is InChI=1S/C18H19N5/c1-12-3-7-14(8-4-12)23(15-9-5-13(2)6-10-15)17-11-16(19)21-18(20)22-17/h3-11H,1-2H3,(H4,19,20,21,22). The molecule has 5 heteroatoms. The highest BCUT2D eigenvalue weighted by Crippen LogP contribution is 2.34. The van der Waals surface area contributed by atoms with Crippen molar-refractivity contribution in [3.63, 3.8) is 0 Å². The molecule has 0 saturated carbocycles. The second kappa shape index (κ2) is 5.96. The predicted octanol–water partition coefficient (Wildman–Crippen LogP) is 3.73. The Hall–Kier alpha value is -3.08. The fourth-order valence-corrected chi connectivity index (χ4v) is 2.39. The summed E-state index contributed by atoms with van der Waals surface area (Å²) in [5.74, 6) is 1.14. The SMILES string of the molecule is Cc1ccc(N(c2ccc(C)cc2)c2cc(N)nc(N)n2)cc1. The van der Waals surface area contributed by atoms with E-state index in [2.05, 4.69) is 48.1 Å². The van der Waals surface area contributed by atoms with Gasteiger partial charge in [-0.15, -0.1) is 0 Å². The first kappa shape index (κ1) is 14.8. The molecular formula is C18H19N5. The molecule has 0 radical (unpaired) electrons. The predicted molar refractivity (Wildman–Crippen MR) is 95.0 cm³/mol. The molecule has 23 heavy (non-hydrogen) atoms. The Morgan fingerprint density at radius 3 is 1.65 bits per heavy atom. The third-order valence-electron chi connectivity index (χ3n) is 3.56. The number of hydrogen-bond donors (Lipinski definition) is 2. The van der Waals surface area contributed by atoms with Gasteiger partial charge in [0.25, 0.3) is 0 Å². The van der Waals surface area contributed by atoms with Crippen LogP contribution >= 0.6 is 0 Å². The van der Waals surface area contributed by atoms with Crippen molar-refractivity contribution >= 4 is 29.0 Å². The maximum absolute atomic E-state index is 5.84. The van der Waals surface area contributed by atoms with Crippen molar-refractivity contribution in [1.82, 2.24) is 9.97 Å². The summed E-state index contributed by atoms with van der Waals surface area (Å²) in [4.78, 5) is 10.3. The number of aromatic nitrogens is 2. The van der Waals surface area contributed by atoms with Crippen LogP contribution in [-0.4, -0.2) is 9.97 Å². The number of aryl methyl sites for hydroxylation is 2. The number of nitrogens with zero attached hydrogens (tertiary/aromatic N) is 3. The van der Waals surface area contributed by atoms with E-state index in [4.69, 9.17) is 11.5 Å². The van der Waals surface area contributed by atoms with Crippen LogP contribution in [-0.2, 0) is 0 Å². The monoisotopic (exact) mass is 305 g/mol. The molecule has 0 fully saturated rings. The Morgan fingerprint density at radius 2 is 1.22 bits per heavy atom. The van der Waals surface area contributed by atoms with Crippen molar-refractivity contribution in [3.05, 3.63) is 65.7 Å². The molecule has 0 aliphatic carbocycles. The lowest BCUT2D eigenvalue weighted by Crippen LogP contribution is -2.13. The first-order valence-electron chi connectivity index (χ1n) is 7.36. The Morgan fingerprint density at radius 1 is 0.739 bits per heavy atom. The summed E-state index contributed by atoms with van der Waals surface area (Å²) in [5.41, 5.74) is 16.0. The first-order valence-corrected chi connectivity index (χ1v) is 7.36. The summed E-state index contributed by atoms with van der Waals surface area (Å²) in [5, 5.41) is 0. The fourth-order valence-electron chi connectivity index (χ4n) is 2.39. The van der Waals surface area contributed by atoms with E-state index in [-0.39, 0.29) is 5.95 Å². The lowest BCUT2D eigenvalue weighted by atomic mass is 10.1. The molecule has 0 saturated heterocycles.